The first kappa shape index (κ1) is 21.5. The molecule has 0 spiro atoms. The highest BCUT2D eigenvalue weighted by Crippen LogP contribution is 2.36. The van der Waals surface area contributed by atoms with Gasteiger partial charge in [0.15, 0.2) is 0 Å². The Bertz CT molecular complexity index is 1080. The number of rotatable bonds is 6. The summed E-state index contributed by atoms with van der Waals surface area (Å²) < 4.78 is 26.1. The molecule has 2 aromatic heterocycles. The van der Waals surface area contributed by atoms with Crippen LogP contribution in [0.5, 0.6) is 0 Å². The molecule has 0 bridgehead atoms. The molecule has 164 valence electrons. The number of nitrogens with one attached hydrogen (secondary N) is 1. The zero-order valence-corrected chi connectivity index (χ0v) is 18.3. The number of amides is 1. The van der Waals surface area contributed by atoms with E-state index in [1.165, 1.54) is 31.0 Å². The number of piperidine rings is 1. The van der Waals surface area contributed by atoms with Crippen molar-refractivity contribution in [2.45, 2.75) is 39.0 Å². The van der Waals surface area contributed by atoms with Gasteiger partial charge in [-0.05, 0) is 61.9 Å². The van der Waals surface area contributed by atoms with Crippen LogP contribution in [0.4, 0.5) is 20.2 Å². The Morgan fingerprint density at radius 3 is 2.61 bits per heavy atom. The Morgan fingerprint density at radius 2 is 1.94 bits per heavy atom. The van der Waals surface area contributed by atoms with E-state index in [-0.39, 0.29) is 11.6 Å². The lowest BCUT2D eigenvalue weighted by molar-refractivity contribution is 0.0959. The van der Waals surface area contributed by atoms with Crippen LogP contribution in [0, 0.1) is 6.92 Å². The van der Waals surface area contributed by atoms with Crippen molar-refractivity contribution < 1.29 is 13.6 Å². The highest BCUT2D eigenvalue weighted by Gasteiger charge is 2.21. The largest absolute Gasteiger partial charge is 0.397 e. The van der Waals surface area contributed by atoms with Crippen LogP contribution >= 0.6 is 11.3 Å². The van der Waals surface area contributed by atoms with Crippen molar-refractivity contribution in [2.75, 3.05) is 30.3 Å². The van der Waals surface area contributed by atoms with Gasteiger partial charge < -0.3 is 16.0 Å². The molecule has 1 aliphatic rings. The van der Waals surface area contributed by atoms with E-state index in [0.29, 0.717) is 39.3 Å². The molecule has 5 nitrogen and oxygen atoms in total. The molecule has 1 saturated heterocycles. The van der Waals surface area contributed by atoms with Gasteiger partial charge in [-0.25, -0.2) is 13.8 Å². The molecule has 1 amide bonds. The van der Waals surface area contributed by atoms with Crippen LogP contribution in [0.3, 0.4) is 0 Å². The number of nitrogens with two attached hydrogens (primary N) is 1. The van der Waals surface area contributed by atoms with E-state index in [4.69, 9.17) is 5.73 Å². The molecule has 0 unspecified atom stereocenters. The number of anilines is 2. The van der Waals surface area contributed by atoms with Crippen LogP contribution in [0.1, 0.15) is 52.2 Å². The van der Waals surface area contributed by atoms with Gasteiger partial charge in [-0.15, -0.1) is 11.3 Å². The van der Waals surface area contributed by atoms with Gasteiger partial charge in [0.05, 0.1) is 5.69 Å². The third kappa shape index (κ3) is 4.63. The van der Waals surface area contributed by atoms with E-state index >= 15 is 0 Å². The van der Waals surface area contributed by atoms with Gasteiger partial charge in [-0.2, -0.15) is 0 Å². The fourth-order valence-corrected chi connectivity index (χ4v) is 5.14. The summed E-state index contributed by atoms with van der Waals surface area (Å²) in [6.07, 6.45) is 1.83. The van der Waals surface area contributed by atoms with Crippen LogP contribution < -0.4 is 16.0 Å². The molecule has 0 saturated carbocycles. The number of thiophene rings is 1. The van der Waals surface area contributed by atoms with Gasteiger partial charge in [-0.1, -0.05) is 12.1 Å². The number of halogens is 2. The van der Waals surface area contributed by atoms with Crippen LogP contribution in [-0.2, 0) is 6.42 Å². The molecule has 1 fully saturated rings. The maximum absolute atomic E-state index is 13.0. The number of aromatic nitrogens is 1. The summed E-state index contributed by atoms with van der Waals surface area (Å²) in [6, 6.07) is 9.81. The number of hydrogen-bond donors (Lipinski definition) is 2. The van der Waals surface area contributed by atoms with Gasteiger partial charge in [0.1, 0.15) is 15.4 Å². The van der Waals surface area contributed by atoms with E-state index in [1.54, 1.807) is 6.92 Å². The predicted octanol–water partition coefficient (Wildman–Crippen LogP) is 5.09. The molecule has 1 aliphatic heterocycles. The Hall–Kier alpha value is -2.74. The van der Waals surface area contributed by atoms with Crippen molar-refractivity contribution in [1.29, 1.82) is 0 Å². The molecule has 0 radical (unpaired) electrons. The lowest BCUT2D eigenvalue weighted by Crippen LogP contribution is -2.29. The Labute approximate surface area is 184 Å². The summed E-state index contributed by atoms with van der Waals surface area (Å²) in [4.78, 5) is 19.7. The Balaban J connectivity index is 1.39. The zero-order chi connectivity index (χ0) is 22.0. The molecule has 1 aromatic carbocycles. The smallest absolute Gasteiger partial charge is 0.280 e. The number of hydrogen-bond acceptors (Lipinski definition) is 5. The first-order valence-corrected chi connectivity index (χ1v) is 11.4. The van der Waals surface area contributed by atoms with Gasteiger partial charge >= 0.3 is 0 Å². The average Bonchev–Trinajstić information content (AvgIpc) is 3.11. The number of carbonyl (C=O) groups is 1. The zero-order valence-electron chi connectivity index (χ0n) is 17.5. The highest BCUT2D eigenvalue weighted by molar-refractivity contribution is 7.21. The summed E-state index contributed by atoms with van der Waals surface area (Å²) in [5.74, 6) is -0.302. The molecular formula is C23H26F2N4OS. The van der Waals surface area contributed by atoms with Gasteiger partial charge in [0, 0.05) is 30.7 Å². The number of fused-ring (bicyclic) bond motifs is 1. The topological polar surface area (TPSA) is 71.2 Å². The fraction of sp³-hybridized carbons (Fsp3) is 0.391. The lowest BCUT2D eigenvalue weighted by atomic mass is 10.1. The van der Waals surface area contributed by atoms with Crippen molar-refractivity contribution in [3.8, 4) is 0 Å². The van der Waals surface area contributed by atoms with E-state index in [9.17, 15) is 13.6 Å². The minimum absolute atomic E-state index is 0.300. The SMILES string of the molecule is Cc1cc(C(F)F)nc2sc(C(=O)NCCc3ccc(N4CCCCC4)cc3)c(N)c12. The molecule has 0 aliphatic carbocycles. The van der Waals surface area contributed by atoms with Gasteiger partial charge in [0.2, 0.25) is 0 Å². The quantitative estimate of drug-likeness (QED) is 0.556. The second kappa shape index (κ2) is 9.18. The minimum atomic E-state index is -2.66. The molecule has 4 rings (SSSR count). The van der Waals surface area contributed by atoms with Crippen molar-refractivity contribution in [3.63, 3.8) is 0 Å². The number of nitrogen functional groups attached to an aromatic ring is 1. The summed E-state index contributed by atoms with van der Waals surface area (Å²) in [6.45, 7) is 4.39. The van der Waals surface area contributed by atoms with E-state index in [0.717, 1.165) is 30.0 Å². The molecule has 31 heavy (non-hydrogen) atoms. The van der Waals surface area contributed by atoms with Gasteiger partial charge in [-0.3, -0.25) is 4.79 Å². The summed E-state index contributed by atoms with van der Waals surface area (Å²) in [5.41, 5.74) is 9.14. The minimum Gasteiger partial charge on any atom is -0.397 e. The summed E-state index contributed by atoms with van der Waals surface area (Å²) >= 11 is 1.05. The number of benzene rings is 1. The van der Waals surface area contributed by atoms with Crippen LogP contribution in [-0.4, -0.2) is 30.5 Å². The standard InChI is InChI=1S/C23H26F2N4OS/c1-14-13-17(21(24)25)28-23-18(14)19(26)20(31-23)22(30)27-10-9-15-5-7-16(8-6-15)29-11-3-2-4-12-29/h5-8,13,21H,2-4,9-12,26H2,1H3,(H,27,30). The monoisotopic (exact) mass is 444 g/mol. The first-order chi connectivity index (χ1) is 14.9. The van der Waals surface area contributed by atoms with Crippen molar-refractivity contribution >= 4 is 38.8 Å². The predicted molar refractivity (Wildman–Crippen MR) is 122 cm³/mol. The van der Waals surface area contributed by atoms with Crippen LogP contribution in [0.15, 0.2) is 30.3 Å². The Kier molecular flexibility index (Phi) is 6.36. The van der Waals surface area contributed by atoms with E-state index in [1.807, 2.05) is 0 Å². The number of pyridine rings is 1. The van der Waals surface area contributed by atoms with Crippen molar-refractivity contribution in [2.24, 2.45) is 0 Å². The van der Waals surface area contributed by atoms with E-state index in [2.05, 4.69) is 39.5 Å². The summed E-state index contributed by atoms with van der Waals surface area (Å²) in [5, 5.41) is 3.47. The molecule has 3 aromatic rings. The maximum atomic E-state index is 13.0. The number of aryl methyl sites for hydroxylation is 1. The highest BCUT2D eigenvalue weighted by atomic mass is 32.1. The summed E-state index contributed by atoms with van der Waals surface area (Å²) in [7, 11) is 0. The second-order valence-corrected chi connectivity index (χ2v) is 8.91. The maximum Gasteiger partial charge on any atom is 0.280 e. The Morgan fingerprint density at radius 1 is 1.23 bits per heavy atom. The number of nitrogens with zero attached hydrogens (tertiary/aromatic N) is 2. The second-order valence-electron chi connectivity index (χ2n) is 7.91. The van der Waals surface area contributed by atoms with Crippen LogP contribution in [0.2, 0.25) is 0 Å². The molecule has 8 heteroatoms. The lowest BCUT2D eigenvalue weighted by Gasteiger charge is -2.28. The van der Waals surface area contributed by atoms with Crippen molar-refractivity contribution in [1.82, 2.24) is 10.3 Å². The fourth-order valence-electron chi connectivity index (χ4n) is 4.04. The van der Waals surface area contributed by atoms with Crippen molar-refractivity contribution in [3.05, 3.63) is 52.0 Å². The number of carbonyl (C=O) groups excluding carboxylic acids is 1. The normalized spacial score (nSPS) is 14.4. The first-order valence-electron chi connectivity index (χ1n) is 10.5. The molecular weight excluding hydrogens is 418 g/mol. The average molecular weight is 445 g/mol. The molecule has 3 heterocycles. The number of alkyl halides is 2. The van der Waals surface area contributed by atoms with Crippen LogP contribution in [0.25, 0.3) is 10.2 Å². The van der Waals surface area contributed by atoms with Gasteiger partial charge in [0.25, 0.3) is 12.3 Å². The molecule has 3 N–H and O–H groups in total. The third-order valence-corrected chi connectivity index (χ3v) is 6.80. The molecule has 0 atom stereocenters. The third-order valence-electron chi connectivity index (χ3n) is 5.70. The van der Waals surface area contributed by atoms with E-state index < -0.39 is 6.43 Å².